The van der Waals surface area contributed by atoms with E-state index in [-0.39, 0.29) is 58.9 Å². The van der Waals surface area contributed by atoms with E-state index >= 15 is 0 Å². The fraction of sp³-hybridized carbons (Fsp3) is 0.574. The molecule has 68 heavy (non-hydrogen) atoms. The van der Waals surface area contributed by atoms with Crippen LogP contribution in [0.5, 0.6) is 0 Å². The Kier molecular flexibility index (Phi) is 22.0. The molecule has 4 aromatic rings. The third kappa shape index (κ3) is 12.9. The quantitative estimate of drug-likeness (QED) is 0.100. The Hall–Kier alpha value is 0.763. The Morgan fingerprint density at radius 1 is 0.250 bits per heavy atom. The molecule has 380 valence electrons. The fourth-order valence-electron chi connectivity index (χ4n) is 11.9. The second-order valence-corrected chi connectivity index (χ2v) is 78.3. The molecule has 14 heteroatoms. The van der Waals surface area contributed by atoms with Crippen LogP contribution in [0.2, 0.25) is 177 Å². The molecule has 0 fully saturated rings. The summed E-state index contributed by atoms with van der Waals surface area (Å²) in [5, 5.41) is 23.6. The third-order valence-electron chi connectivity index (χ3n) is 14.6. The summed E-state index contributed by atoms with van der Waals surface area (Å²) in [5.41, 5.74) is 6.23. The molecular weight excluding hydrogens is 1080 g/mol. The maximum absolute atomic E-state index is 3.22. The summed E-state index contributed by atoms with van der Waals surface area (Å²) in [5.74, 6) is 0. The second kappa shape index (κ2) is 21.8. The van der Waals surface area contributed by atoms with Crippen molar-refractivity contribution < 1.29 is 58.9 Å². The average molecular weight is 1180 g/mol. The van der Waals surface area contributed by atoms with Gasteiger partial charge in [-0.05, 0) is 0 Å². The van der Waals surface area contributed by atoms with Crippen molar-refractivity contribution in [2.75, 3.05) is 0 Å². The third-order valence-corrected chi connectivity index (χ3v) is 40.2. The van der Waals surface area contributed by atoms with E-state index in [9.17, 15) is 0 Å². The van der Waals surface area contributed by atoms with Gasteiger partial charge in [-0.15, -0.1) is 5.19 Å². The van der Waals surface area contributed by atoms with Crippen molar-refractivity contribution in [3.8, 4) is 0 Å². The molecule has 0 bridgehead atoms. The van der Waals surface area contributed by atoms with E-state index < -0.39 is 80.7 Å². The minimum atomic E-state index is -3.22. The number of hydrogen-bond acceptors (Lipinski definition) is 0. The van der Waals surface area contributed by atoms with Crippen LogP contribution in [0.25, 0.3) is 0 Å². The van der Waals surface area contributed by atoms with Crippen molar-refractivity contribution in [2.24, 2.45) is 0 Å². The monoisotopic (exact) mass is 1180 g/mol. The second-order valence-electron chi connectivity index (χ2n) is 29.6. The molecule has 0 amide bonds. The first-order valence-corrected chi connectivity index (χ1v) is 58.5. The largest absolute Gasteiger partial charge is 4.00 e. The molecule has 4 aromatic carbocycles. The molecule has 0 radical (unpaired) electrons. The Bertz CT molecular complexity index is 2190. The summed E-state index contributed by atoms with van der Waals surface area (Å²) in [4.78, 5) is 0. The molecule has 0 saturated heterocycles. The molecule has 4 rings (SSSR count). The van der Waals surface area contributed by atoms with Crippen LogP contribution in [0.1, 0.15) is 22.3 Å². The fourth-order valence-corrected chi connectivity index (χ4v) is 51.9. The maximum atomic E-state index is 2.87. The summed E-state index contributed by atoms with van der Waals surface area (Å²) in [6, 6.07) is 17.0. The molecular formula is C54H99Cl3Si10Ti. The van der Waals surface area contributed by atoms with Gasteiger partial charge in [0.25, 0.3) is 0 Å². The van der Waals surface area contributed by atoms with Crippen LogP contribution in [-0.4, -0.2) is 80.7 Å². The average Bonchev–Trinajstić information content (AvgIpc) is 3.25. The number of benzene rings is 3. The Morgan fingerprint density at radius 2 is 0.397 bits per heavy atom. The first-order valence-electron chi connectivity index (χ1n) is 25.0. The van der Waals surface area contributed by atoms with Gasteiger partial charge in [0.1, 0.15) is 8.07 Å². The molecule has 0 nitrogen and oxygen atoms in total. The van der Waals surface area contributed by atoms with Gasteiger partial charge in [0.2, 0.25) is 0 Å². The van der Waals surface area contributed by atoms with Crippen molar-refractivity contribution in [2.45, 2.75) is 204 Å². The van der Waals surface area contributed by atoms with E-state index in [1.807, 2.05) is 31.1 Å². The van der Waals surface area contributed by atoms with Crippen molar-refractivity contribution in [3.05, 3.63) is 58.7 Å². The molecule has 0 unspecified atom stereocenters. The van der Waals surface area contributed by atoms with E-state index in [4.69, 9.17) is 0 Å². The van der Waals surface area contributed by atoms with Crippen LogP contribution in [0.4, 0.5) is 0 Å². The summed E-state index contributed by atoms with van der Waals surface area (Å²) < 4.78 is 0. The van der Waals surface area contributed by atoms with Crippen LogP contribution < -0.4 is 105 Å². The minimum absolute atomic E-state index is 0. The predicted molar refractivity (Wildman–Crippen MR) is 331 cm³/mol. The van der Waals surface area contributed by atoms with Crippen molar-refractivity contribution in [1.29, 1.82) is 0 Å². The number of hydrogen-bond donors (Lipinski definition) is 0. The van der Waals surface area contributed by atoms with Gasteiger partial charge < -0.3 is 37.2 Å². The van der Waals surface area contributed by atoms with E-state index in [1.54, 1.807) is 47.4 Å². The van der Waals surface area contributed by atoms with Crippen molar-refractivity contribution >= 4 is 148 Å². The molecule has 0 aliphatic rings. The molecule has 0 aromatic heterocycles. The number of rotatable bonds is 13. The first kappa shape index (κ1) is 68.8. The Balaban J connectivity index is 0.0000112. The summed E-state index contributed by atoms with van der Waals surface area (Å²) in [7, 11) is -20.3. The molecule has 0 spiro atoms. The van der Waals surface area contributed by atoms with Gasteiger partial charge in [-0.25, -0.2) is 0 Å². The van der Waals surface area contributed by atoms with Crippen molar-refractivity contribution in [1.82, 2.24) is 0 Å². The molecule has 0 atom stereocenters. The minimum Gasteiger partial charge on any atom is -1.00 e. The first-order chi connectivity index (χ1) is 28.2. The topological polar surface area (TPSA) is 0 Å². The van der Waals surface area contributed by atoms with Gasteiger partial charge in [-0.3, -0.25) is 0 Å². The Morgan fingerprint density at radius 3 is 0.544 bits per heavy atom. The van der Waals surface area contributed by atoms with Crippen molar-refractivity contribution in [3.63, 3.8) is 0 Å². The maximum Gasteiger partial charge on any atom is 4.00 e. The molecule has 0 heterocycles. The molecule has 0 aliphatic carbocycles. The van der Waals surface area contributed by atoms with E-state index in [0.717, 1.165) is 0 Å². The summed E-state index contributed by atoms with van der Waals surface area (Å²) in [6.45, 7) is 82.9. The van der Waals surface area contributed by atoms with Gasteiger partial charge >= 0.3 is 21.7 Å². The molecule has 0 aliphatic heterocycles. The predicted octanol–water partition coefficient (Wildman–Crippen LogP) is -0.0671. The van der Waals surface area contributed by atoms with Gasteiger partial charge in [-0.1, -0.05) is 303 Å². The molecule has 0 saturated carbocycles. The van der Waals surface area contributed by atoms with Gasteiger partial charge in [0.05, 0.1) is 72.7 Å². The normalized spacial score (nSPS) is 13.6. The van der Waals surface area contributed by atoms with Gasteiger partial charge in [0.15, 0.2) is 0 Å². The van der Waals surface area contributed by atoms with Crippen LogP contribution >= 0.6 is 0 Å². The van der Waals surface area contributed by atoms with E-state index in [1.165, 1.54) is 11.1 Å². The zero-order chi connectivity index (χ0) is 50.1. The van der Waals surface area contributed by atoms with Crippen LogP contribution in [-0.2, 0) is 21.7 Å². The van der Waals surface area contributed by atoms with E-state index in [0.29, 0.717) is 0 Å². The van der Waals surface area contributed by atoms with Crippen LogP contribution in [0, 0.1) is 27.7 Å². The van der Waals surface area contributed by atoms with E-state index in [2.05, 4.69) is 241 Å². The smallest absolute Gasteiger partial charge is 1.00 e. The zero-order valence-electron chi connectivity index (χ0n) is 49.6. The SMILES string of the molecule is Cc1c(C)c(C)[c-]([Si](c2ccc([Si](C)(C)C)c([Si](C)(C)C)c2[Si](C)(C)C)(c2ccc([Si](C)(C)C)c([Si](C)(C)C)c2[Si](C)(C)C)c2ccc([Si](C)(C)C)c([Si](C)(C)C)c2[Si](C)(C)C)c1C.[Cl-].[Cl-].[Cl-].[Ti+4]. The van der Waals surface area contributed by atoms with Crippen LogP contribution in [0.3, 0.4) is 0 Å². The molecule has 0 N–H and O–H groups in total. The summed E-state index contributed by atoms with van der Waals surface area (Å²) >= 11 is 0. The van der Waals surface area contributed by atoms with Gasteiger partial charge in [0, 0.05) is 0 Å². The van der Waals surface area contributed by atoms with Crippen LogP contribution in [0.15, 0.2) is 36.4 Å². The van der Waals surface area contributed by atoms with Gasteiger partial charge in [-0.2, -0.15) is 22.3 Å². The Labute approximate surface area is 465 Å². The standard InChI is InChI=1S/C54H99Si10.3ClH.Ti/c1-38-39(2)41(4)48(40(38)3)64(45-35-32-42(55(5,6)7)49(58(14,15)16)52(45)61(23,24)25,46-36-33-43(56(8,9)10)50(59(17,18)19)53(46)62(26,27)28)47-37-34-44(57(11,12)13)51(60(20,21)22)54(47)63(29,30)31;;;;/h32-37H,1-31H3;3*1H;/q-1;;;;+4/p-3. The number of halogens is 3. The zero-order valence-corrected chi connectivity index (χ0v) is 63.4. The summed E-state index contributed by atoms with van der Waals surface area (Å²) in [6.07, 6.45) is 0.